The van der Waals surface area contributed by atoms with E-state index in [4.69, 9.17) is 0 Å². The molecule has 2 aliphatic rings. The molecule has 1 aromatic rings. The van der Waals surface area contributed by atoms with Crippen molar-refractivity contribution >= 4 is 0 Å². The Bertz CT molecular complexity index is 293. The molecule has 0 unspecified atom stereocenters. The molecule has 3 rings (SSSR count). The summed E-state index contributed by atoms with van der Waals surface area (Å²) in [4.78, 5) is 0. The molecule has 0 spiro atoms. The van der Waals surface area contributed by atoms with Gasteiger partial charge in [0.05, 0.1) is 0 Å². The molecule has 1 nitrogen and oxygen atoms in total. The normalized spacial score (nSPS) is 36.8. The first-order chi connectivity index (χ1) is 6.43. The Balaban J connectivity index is 1.87. The monoisotopic (exact) mass is 173 g/mol. The molecule has 0 aromatic heterocycles. The van der Waals surface area contributed by atoms with E-state index in [0.717, 1.165) is 17.9 Å². The maximum Gasteiger partial charge on any atom is 0.00764 e. The summed E-state index contributed by atoms with van der Waals surface area (Å²) in [5, 5.41) is 3.56. The molecule has 0 amide bonds. The number of benzene rings is 1. The first-order valence-corrected chi connectivity index (χ1v) is 5.22. The first-order valence-electron chi connectivity index (χ1n) is 5.22. The zero-order chi connectivity index (χ0) is 8.67. The molecule has 1 N–H and O–H groups in total. The fraction of sp³-hybridized carbons (Fsp3) is 0.500. The van der Waals surface area contributed by atoms with Crippen molar-refractivity contribution in [2.24, 2.45) is 5.92 Å². The van der Waals surface area contributed by atoms with Gasteiger partial charge >= 0.3 is 0 Å². The van der Waals surface area contributed by atoms with E-state index in [1.54, 1.807) is 5.56 Å². The second kappa shape index (κ2) is 2.85. The third kappa shape index (κ3) is 1.19. The van der Waals surface area contributed by atoms with E-state index in [9.17, 15) is 0 Å². The Morgan fingerprint density at radius 2 is 1.92 bits per heavy atom. The molecule has 1 saturated heterocycles. The van der Waals surface area contributed by atoms with Gasteiger partial charge in [-0.15, -0.1) is 0 Å². The van der Waals surface area contributed by atoms with Crippen molar-refractivity contribution in [3.63, 3.8) is 0 Å². The lowest BCUT2D eigenvalue weighted by molar-refractivity contribution is 0.441. The standard InChI is InChI=1S/C12H15N/c1-2-4-9(5-3-1)12-7-11-6-10(12)8-13-11/h1-5,10-13H,6-8H2/t10-,11-,12-/m0/s1. The summed E-state index contributed by atoms with van der Waals surface area (Å²) in [6.45, 7) is 1.24. The number of rotatable bonds is 1. The predicted molar refractivity (Wildman–Crippen MR) is 53.7 cm³/mol. The van der Waals surface area contributed by atoms with Crippen molar-refractivity contribution in [2.45, 2.75) is 24.8 Å². The molecular formula is C12H15N. The topological polar surface area (TPSA) is 12.0 Å². The molecule has 1 aliphatic heterocycles. The minimum atomic E-state index is 0.815. The predicted octanol–water partition coefficient (Wildman–Crippen LogP) is 2.15. The van der Waals surface area contributed by atoms with Crippen LogP contribution in [0.1, 0.15) is 24.3 Å². The van der Waals surface area contributed by atoms with Crippen LogP contribution in [-0.2, 0) is 0 Å². The molecule has 1 heteroatoms. The van der Waals surface area contributed by atoms with Gasteiger partial charge in [0.25, 0.3) is 0 Å². The van der Waals surface area contributed by atoms with Gasteiger partial charge in [-0.2, -0.15) is 0 Å². The molecule has 1 saturated carbocycles. The summed E-state index contributed by atoms with van der Waals surface area (Å²) in [7, 11) is 0. The second-order valence-corrected chi connectivity index (χ2v) is 4.35. The van der Waals surface area contributed by atoms with Gasteiger partial charge in [-0.25, -0.2) is 0 Å². The fourth-order valence-corrected chi connectivity index (χ4v) is 2.94. The molecule has 1 heterocycles. The highest BCUT2D eigenvalue weighted by Gasteiger charge is 2.39. The van der Waals surface area contributed by atoms with Crippen LogP contribution in [0.2, 0.25) is 0 Å². The van der Waals surface area contributed by atoms with Crippen molar-refractivity contribution in [1.82, 2.24) is 5.32 Å². The summed E-state index contributed by atoms with van der Waals surface area (Å²) in [6.07, 6.45) is 2.76. The minimum Gasteiger partial charge on any atom is -0.314 e. The van der Waals surface area contributed by atoms with Crippen molar-refractivity contribution in [2.75, 3.05) is 6.54 Å². The van der Waals surface area contributed by atoms with Gasteiger partial charge in [0.2, 0.25) is 0 Å². The fourth-order valence-electron chi connectivity index (χ4n) is 2.94. The van der Waals surface area contributed by atoms with Crippen LogP contribution >= 0.6 is 0 Å². The van der Waals surface area contributed by atoms with E-state index in [0.29, 0.717) is 0 Å². The molecular weight excluding hydrogens is 158 g/mol. The number of piperidine rings is 1. The Hall–Kier alpha value is -0.820. The highest BCUT2D eigenvalue weighted by molar-refractivity contribution is 5.23. The van der Waals surface area contributed by atoms with Crippen molar-refractivity contribution in [3.8, 4) is 0 Å². The quantitative estimate of drug-likeness (QED) is 0.686. The summed E-state index contributed by atoms with van der Waals surface area (Å²) >= 11 is 0. The van der Waals surface area contributed by atoms with E-state index in [1.165, 1.54) is 19.4 Å². The highest BCUT2D eigenvalue weighted by atomic mass is 15.0. The number of hydrogen-bond donors (Lipinski definition) is 1. The Labute approximate surface area is 79.2 Å². The summed E-state index contributed by atoms with van der Waals surface area (Å²) in [5.74, 6) is 1.75. The maximum atomic E-state index is 3.56. The van der Waals surface area contributed by atoms with Crippen LogP contribution < -0.4 is 5.32 Å². The van der Waals surface area contributed by atoms with Gasteiger partial charge in [-0.3, -0.25) is 0 Å². The van der Waals surface area contributed by atoms with Crippen LogP contribution in [0.5, 0.6) is 0 Å². The van der Waals surface area contributed by atoms with Gasteiger partial charge in [0, 0.05) is 6.04 Å². The molecule has 1 aliphatic carbocycles. The maximum absolute atomic E-state index is 3.56. The Morgan fingerprint density at radius 3 is 2.54 bits per heavy atom. The van der Waals surface area contributed by atoms with Gasteiger partial charge in [-0.1, -0.05) is 30.3 Å². The lowest BCUT2D eigenvalue weighted by Crippen LogP contribution is -2.28. The van der Waals surface area contributed by atoms with E-state index in [-0.39, 0.29) is 0 Å². The third-order valence-electron chi connectivity index (χ3n) is 3.59. The average Bonchev–Trinajstić information content (AvgIpc) is 2.80. The van der Waals surface area contributed by atoms with Crippen LogP contribution in [0.25, 0.3) is 0 Å². The van der Waals surface area contributed by atoms with Gasteiger partial charge in [0.15, 0.2) is 0 Å². The number of fused-ring (bicyclic) bond motifs is 2. The summed E-state index contributed by atoms with van der Waals surface area (Å²) < 4.78 is 0. The average molecular weight is 173 g/mol. The van der Waals surface area contributed by atoms with E-state index in [1.807, 2.05) is 0 Å². The van der Waals surface area contributed by atoms with Crippen LogP contribution in [0.15, 0.2) is 30.3 Å². The Morgan fingerprint density at radius 1 is 1.08 bits per heavy atom. The second-order valence-electron chi connectivity index (χ2n) is 4.35. The molecule has 13 heavy (non-hydrogen) atoms. The van der Waals surface area contributed by atoms with E-state index < -0.39 is 0 Å². The van der Waals surface area contributed by atoms with Crippen LogP contribution in [-0.4, -0.2) is 12.6 Å². The molecule has 2 fully saturated rings. The van der Waals surface area contributed by atoms with Crippen LogP contribution in [0, 0.1) is 5.92 Å². The summed E-state index contributed by atoms with van der Waals surface area (Å²) in [5.41, 5.74) is 1.55. The van der Waals surface area contributed by atoms with E-state index >= 15 is 0 Å². The minimum absolute atomic E-state index is 0.815. The zero-order valence-electron chi connectivity index (χ0n) is 7.74. The lowest BCUT2D eigenvalue weighted by Gasteiger charge is -2.22. The number of hydrogen-bond acceptors (Lipinski definition) is 1. The molecule has 0 radical (unpaired) electrons. The smallest absolute Gasteiger partial charge is 0.00764 e. The zero-order valence-corrected chi connectivity index (χ0v) is 7.74. The van der Waals surface area contributed by atoms with Crippen molar-refractivity contribution < 1.29 is 0 Å². The van der Waals surface area contributed by atoms with Gasteiger partial charge in [-0.05, 0) is 36.8 Å². The largest absolute Gasteiger partial charge is 0.314 e. The molecule has 1 aromatic carbocycles. The SMILES string of the molecule is c1ccc([C@@H]2C[C@@H]3C[C@H]2CN3)cc1. The molecule has 2 bridgehead atoms. The van der Waals surface area contributed by atoms with Crippen molar-refractivity contribution in [3.05, 3.63) is 35.9 Å². The molecule has 68 valence electrons. The lowest BCUT2D eigenvalue weighted by atomic mass is 9.88. The van der Waals surface area contributed by atoms with Crippen LogP contribution in [0.4, 0.5) is 0 Å². The Kier molecular flexibility index (Phi) is 1.66. The van der Waals surface area contributed by atoms with Crippen molar-refractivity contribution in [1.29, 1.82) is 0 Å². The first kappa shape index (κ1) is 7.57. The van der Waals surface area contributed by atoms with Gasteiger partial charge in [0.1, 0.15) is 0 Å². The number of nitrogens with one attached hydrogen (secondary N) is 1. The summed E-state index contributed by atoms with van der Waals surface area (Å²) in [6, 6.07) is 11.8. The van der Waals surface area contributed by atoms with Crippen LogP contribution in [0.3, 0.4) is 0 Å². The third-order valence-corrected chi connectivity index (χ3v) is 3.59. The molecule has 3 atom stereocenters. The van der Waals surface area contributed by atoms with Gasteiger partial charge < -0.3 is 5.32 Å². The highest BCUT2D eigenvalue weighted by Crippen LogP contribution is 2.42. The van der Waals surface area contributed by atoms with E-state index in [2.05, 4.69) is 35.6 Å².